The van der Waals surface area contributed by atoms with Crippen molar-refractivity contribution < 1.29 is 0 Å². The van der Waals surface area contributed by atoms with Crippen molar-refractivity contribution in [2.75, 3.05) is 0 Å². The molecule has 8 rings (SSSR count). The molecule has 3 heterocycles. The normalized spacial score (nSPS) is 21.3. The average molecular weight is 518 g/mol. The van der Waals surface area contributed by atoms with Gasteiger partial charge in [-0.25, -0.2) is 0 Å². The summed E-state index contributed by atoms with van der Waals surface area (Å²) in [6, 6.07) is 25.9. The number of dihydropyridines is 1. The van der Waals surface area contributed by atoms with E-state index in [1.807, 2.05) is 12.3 Å². The van der Waals surface area contributed by atoms with Gasteiger partial charge in [-0.2, -0.15) is 0 Å². The van der Waals surface area contributed by atoms with E-state index in [-0.39, 0.29) is 18.0 Å². The first-order chi connectivity index (χ1) is 19.9. The largest absolute Gasteiger partial charge is 0.309 e. The fraction of sp³-hybridized carbons (Fsp3) is 0.114. The second kappa shape index (κ2) is 9.31. The van der Waals surface area contributed by atoms with Crippen LogP contribution in [0.2, 0.25) is 0 Å². The highest BCUT2D eigenvalue weighted by Crippen LogP contribution is 2.38. The summed E-state index contributed by atoms with van der Waals surface area (Å²) < 4.78 is 4.65. The maximum absolute atomic E-state index is 4.87. The second-order valence-electron chi connectivity index (χ2n) is 10.5. The molecule has 0 spiro atoms. The van der Waals surface area contributed by atoms with E-state index in [9.17, 15) is 0 Å². The van der Waals surface area contributed by atoms with Gasteiger partial charge in [0.1, 0.15) is 5.82 Å². The molecule has 192 valence electrons. The van der Waals surface area contributed by atoms with E-state index in [0.29, 0.717) is 0 Å². The molecule has 5 aromatic rings. The minimum atomic E-state index is -0.00230. The molecule has 0 fully saturated rings. The fourth-order valence-corrected chi connectivity index (χ4v) is 6.31. The zero-order valence-electron chi connectivity index (χ0n) is 21.9. The van der Waals surface area contributed by atoms with E-state index in [1.54, 1.807) is 0 Å². The summed E-state index contributed by atoms with van der Waals surface area (Å²) in [5, 5.41) is 12.1. The van der Waals surface area contributed by atoms with Crippen LogP contribution < -0.4 is 0 Å². The van der Waals surface area contributed by atoms with Crippen LogP contribution in [0.5, 0.6) is 0 Å². The summed E-state index contributed by atoms with van der Waals surface area (Å²) in [4.78, 5) is 4.87. The molecule has 0 saturated carbocycles. The first-order valence-electron chi connectivity index (χ1n) is 13.8. The Balaban J connectivity index is 1.25. The molecule has 3 aliphatic rings. The first-order valence-corrected chi connectivity index (χ1v) is 13.8. The van der Waals surface area contributed by atoms with Gasteiger partial charge in [0.25, 0.3) is 0 Å². The molecule has 2 aromatic heterocycles. The standard InChI is InChI=1S/C35H27N5/c1-2-10-25(11-3-1)34-37-38-35(40(34)32-18-8-12-24-13-9-23-36-33(24)32)26-19-21-27(22-20-26)39-30-16-6-4-14-28(30)29-15-5-7-17-31(29)39/h1-10,12-23,25,32-33H,11H2/t25-,32?,33?/m0/s1. The van der Waals surface area contributed by atoms with Gasteiger partial charge in [-0.1, -0.05) is 85.0 Å². The van der Waals surface area contributed by atoms with E-state index in [4.69, 9.17) is 15.2 Å². The third-order valence-electron chi connectivity index (χ3n) is 8.18. The average Bonchev–Trinajstić information content (AvgIpc) is 3.61. The van der Waals surface area contributed by atoms with Gasteiger partial charge < -0.3 is 9.13 Å². The van der Waals surface area contributed by atoms with Crippen molar-refractivity contribution in [2.24, 2.45) is 4.99 Å². The van der Waals surface area contributed by atoms with E-state index in [1.165, 1.54) is 27.4 Å². The van der Waals surface area contributed by atoms with E-state index in [0.717, 1.165) is 29.3 Å². The number of rotatable bonds is 4. The molecular weight excluding hydrogens is 490 g/mol. The van der Waals surface area contributed by atoms with Crippen LogP contribution in [-0.2, 0) is 0 Å². The molecule has 2 unspecified atom stereocenters. The van der Waals surface area contributed by atoms with Crippen molar-refractivity contribution >= 4 is 28.0 Å². The Morgan fingerprint density at radius 3 is 2.25 bits per heavy atom. The van der Waals surface area contributed by atoms with Gasteiger partial charge in [-0.3, -0.25) is 4.99 Å². The maximum Gasteiger partial charge on any atom is 0.164 e. The number of aliphatic imine (C=N–C) groups is 1. The SMILES string of the molecule is C1=CC[C@@H](c2nnc(-c3ccc(-n4c5ccccc5c5ccccc54)cc3)n2C2C=CC=C3C=CC=NC32)C=C1. The summed E-state index contributed by atoms with van der Waals surface area (Å²) in [5.74, 6) is 2.02. The quantitative estimate of drug-likeness (QED) is 0.245. The number of aromatic nitrogens is 4. The van der Waals surface area contributed by atoms with Crippen molar-refractivity contribution in [1.29, 1.82) is 0 Å². The molecule has 5 nitrogen and oxygen atoms in total. The van der Waals surface area contributed by atoms with Gasteiger partial charge in [0.05, 0.1) is 23.1 Å². The first kappa shape index (κ1) is 22.9. The zero-order chi connectivity index (χ0) is 26.5. The Kier molecular flexibility index (Phi) is 5.33. The Labute approximate surface area is 232 Å². The number of hydrogen-bond acceptors (Lipinski definition) is 3. The van der Waals surface area contributed by atoms with E-state index < -0.39 is 0 Å². The Bertz CT molecular complexity index is 1890. The van der Waals surface area contributed by atoms with E-state index in [2.05, 4.69) is 131 Å². The highest BCUT2D eigenvalue weighted by atomic mass is 15.3. The van der Waals surface area contributed by atoms with Crippen LogP contribution in [0.15, 0.2) is 138 Å². The number of para-hydroxylation sites is 2. The van der Waals surface area contributed by atoms with Crippen LogP contribution in [0.3, 0.4) is 0 Å². The number of hydrogen-bond donors (Lipinski definition) is 0. The third-order valence-corrected chi connectivity index (χ3v) is 8.18. The number of allylic oxidation sites excluding steroid dienone is 7. The Morgan fingerprint density at radius 2 is 1.50 bits per heavy atom. The zero-order valence-corrected chi connectivity index (χ0v) is 21.9. The lowest BCUT2D eigenvalue weighted by Crippen LogP contribution is -2.28. The number of nitrogens with zero attached hydrogens (tertiary/aromatic N) is 5. The molecule has 0 amide bonds. The summed E-state index contributed by atoms with van der Waals surface area (Å²) in [6.45, 7) is 0. The third kappa shape index (κ3) is 3.58. The molecule has 1 aliphatic heterocycles. The predicted octanol–water partition coefficient (Wildman–Crippen LogP) is 7.69. The van der Waals surface area contributed by atoms with Gasteiger partial charge in [0.15, 0.2) is 5.82 Å². The highest BCUT2D eigenvalue weighted by molar-refractivity contribution is 6.09. The van der Waals surface area contributed by atoms with Crippen LogP contribution in [0.25, 0.3) is 38.9 Å². The monoisotopic (exact) mass is 517 g/mol. The van der Waals surface area contributed by atoms with Crippen LogP contribution in [-0.4, -0.2) is 31.6 Å². The molecule has 3 aromatic carbocycles. The predicted molar refractivity (Wildman–Crippen MR) is 163 cm³/mol. The minimum absolute atomic E-state index is 0.00230. The van der Waals surface area contributed by atoms with Gasteiger partial charge in [-0.15, -0.1) is 10.2 Å². The smallest absolute Gasteiger partial charge is 0.164 e. The van der Waals surface area contributed by atoms with Crippen molar-refractivity contribution in [3.8, 4) is 17.1 Å². The van der Waals surface area contributed by atoms with Gasteiger partial charge in [0, 0.05) is 34.2 Å². The molecule has 0 saturated heterocycles. The summed E-state index contributed by atoms with van der Waals surface area (Å²) >= 11 is 0. The van der Waals surface area contributed by atoms with Crippen LogP contribution >= 0.6 is 0 Å². The van der Waals surface area contributed by atoms with Crippen molar-refractivity contribution in [3.05, 3.63) is 139 Å². The Morgan fingerprint density at radius 1 is 0.725 bits per heavy atom. The number of fused-ring (bicyclic) bond motifs is 4. The molecule has 40 heavy (non-hydrogen) atoms. The lowest BCUT2D eigenvalue weighted by Gasteiger charge is -2.30. The molecule has 0 N–H and O–H groups in total. The molecular formula is C35H27N5. The van der Waals surface area contributed by atoms with Gasteiger partial charge in [0.2, 0.25) is 0 Å². The lowest BCUT2D eigenvalue weighted by atomic mass is 9.91. The van der Waals surface area contributed by atoms with Gasteiger partial charge >= 0.3 is 0 Å². The lowest BCUT2D eigenvalue weighted by molar-refractivity contribution is 0.504. The van der Waals surface area contributed by atoms with Crippen molar-refractivity contribution in [2.45, 2.75) is 24.4 Å². The van der Waals surface area contributed by atoms with Crippen LogP contribution in [0, 0.1) is 0 Å². The molecule has 0 bridgehead atoms. The van der Waals surface area contributed by atoms with Crippen LogP contribution in [0.1, 0.15) is 24.2 Å². The minimum Gasteiger partial charge on any atom is -0.309 e. The summed E-state index contributed by atoms with van der Waals surface area (Å²) in [6.07, 6.45) is 22.1. The highest BCUT2D eigenvalue weighted by Gasteiger charge is 2.32. The molecule has 5 heteroatoms. The molecule has 2 aliphatic carbocycles. The second-order valence-corrected chi connectivity index (χ2v) is 10.5. The fourth-order valence-electron chi connectivity index (χ4n) is 6.31. The van der Waals surface area contributed by atoms with E-state index >= 15 is 0 Å². The maximum atomic E-state index is 4.87. The van der Waals surface area contributed by atoms with Crippen molar-refractivity contribution in [3.63, 3.8) is 0 Å². The Hall–Kier alpha value is -5.03. The van der Waals surface area contributed by atoms with Crippen LogP contribution in [0.4, 0.5) is 0 Å². The molecule has 0 radical (unpaired) electrons. The van der Waals surface area contributed by atoms with Gasteiger partial charge in [-0.05, 0) is 54.5 Å². The topological polar surface area (TPSA) is 48.0 Å². The summed E-state index contributed by atoms with van der Waals surface area (Å²) in [5.41, 5.74) is 5.78. The summed E-state index contributed by atoms with van der Waals surface area (Å²) in [7, 11) is 0. The number of benzene rings is 3. The van der Waals surface area contributed by atoms with Crippen molar-refractivity contribution in [1.82, 2.24) is 19.3 Å². The molecule has 3 atom stereocenters.